The van der Waals surface area contributed by atoms with Crippen LogP contribution in [0.2, 0.25) is 0 Å². The van der Waals surface area contributed by atoms with Crippen LogP contribution in [0.3, 0.4) is 0 Å². The minimum absolute atomic E-state index is 0. The number of rotatable bonds is 0. The summed E-state index contributed by atoms with van der Waals surface area (Å²) in [5.74, 6) is 0. The summed E-state index contributed by atoms with van der Waals surface area (Å²) in [7, 11) is 0. The average Bonchev–Trinajstić information content (AvgIpc) is 2.85. The summed E-state index contributed by atoms with van der Waals surface area (Å²) in [4.78, 5) is 3.06. The maximum absolute atomic E-state index is 3.06. The molecule has 3 aromatic rings. The van der Waals surface area contributed by atoms with Gasteiger partial charge in [0.1, 0.15) is 0 Å². The summed E-state index contributed by atoms with van der Waals surface area (Å²) in [6, 6.07) is 14.8. The van der Waals surface area contributed by atoms with Gasteiger partial charge in [0.25, 0.3) is 0 Å². The number of hydrogen-bond acceptors (Lipinski definition) is 0. The molecular formula is C16H15Cl2NTi. The third kappa shape index (κ3) is 3.96. The molecule has 0 bridgehead atoms. The van der Waals surface area contributed by atoms with Crippen LogP contribution in [0.25, 0.3) is 10.9 Å². The smallest absolute Gasteiger partial charge is 1.00 e. The fourth-order valence-electron chi connectivity index (χ4n) is 2.22. The Kier molecular flexibility index (Phi) is 8.38. The number of benzene rings is 1. The molecule has 20 heavy (non-hydrogen) atoms. The minimum atomic E-state index is 0. The van der Waals surface area contributed by atoms with Gasteiger partial charge in [0.15, 0.2) is 0 Å². The van der Waals surface area contributed by atoms with Gasteiger partial charge in [-0.3, -0.25) is 0 Å². The van der Waals surface area contributed by atoms with Gasteiger partial charge in [-0.1, -0.05) is 31.9 Å². The van der Waals surface area contributed by atoms with Gasteiger partial charge in [0.2, 0.25) is 0 Å². The van der Waals surface area contributed by atoms with Crippen molar-refractivity contribution < 1.29 is 46.5 Å². The molecule has 0 saturated heterocycles. The molecule has 0 fully saturated rings. The Balaban J connectivity index is 0.000000326. The Bertz CT molecular complexity index is 624. The number of H-pyrrole nitrogens is 1. The Labute approximate surface area is 147 Å². The van der Waals surface area contributed by atoms with E-state index >= 15 is 0 Å². The van der Waals surface area contributed by atoms with E-state index in [0.29, 0.717) is 0 Å². The summed E-state index contributed by atoms with van der Waals surface area (Å²) in [6.45, 7) is 2.05. The predicted octanol–water partition coefficient (Wildman–Crippen LogP) is -2.21. The van der Waals surface area contributed by atoms with Gasteiger partial charge < -0.3 is 29.8 Å². The predicted molar refractivity (Wildman–Crippen MR) is 71.3 cm³/mol. The van der Waals surface area contributed by atoms with Crippen LogP contribution in [0, 0.1) is 13.1 Å². The number of nitrogens with one attached hydrogen (secondary N) is 1. The van der Waals surface area contributed by atoms with Gasteiger partial charge in [-0.25, -0.2) is 12.1 Å². The summed E-state index contributed by atoms with van der Waals surface area (Å²) in [5.41, 5.74) is 5.50. The fraction of sp³-hybridized carbons (Fsp3) is 0.188. The number of halogens is 2. The van der Waals surface area contributed by atoms with E-state index in [2.05, 4.69) is 48.4 Å². The van der Waals surface area contributed by atoms with Crippen molar-refractivity contribution in [3.05, 3.63) is 65.4 Å². The average molecular weight is 340 g/mol. The molecule has 1 aliphatic rings. The van der Waals surface area contributed by atoms with Gasteiger partial charge in [0.05, 0.1) is 0 Å². The van der Waals surface area contributed by atoms with E-state index in [-0.39, 0.29) is 46.5 Å². The topological polar surface area (TPSA) is 15.8 Å². The molecule has 1 N–H and O–H groups in total. The molecule has 1 heterocycles. The van der Waals surface area contributed by atoms with Gasteiger partial charge in [-0.2, -0.15) is 28.1 Å². The molecule has 4 rings (SSSR count). The van der Waals surface area contributed by atoms with Gasteiger partial charge in [0, 0.05) is 0 Å². The van der Waals surface area contributed by atoms with E-state index in [0.717, 1.165) is 0 Å². The van der Waals surface area contributed by atoms with Crippen LogP contribution in [0.15, 0.2) is 42.5 Å². The SMILES string of the molecule is Cc1[c-][nH]c2ccccc12.[Cl-].[Cl-].[Ti+4].c1cc2[c-](c1)CC2. The zero-order valence-electron chi connectivity index (χ0n) is 11.2. The van der Waals surface area contributed by atoms with Gasteiger partial charge in [-0.15, -0.1) is 23.8 Å². The largest absolute Gasteiger partial charge is 4.00 e. The van der Waals surface area contributed by atoms with Crippen LogP contribution >= 0.6 is 0 Å². The van der Waals surface area contributed by atoms with E-state index in [4.69, 9.17) is 0 Å². The molecule has 0 radical (unpaired) electrons. The molecular weight excluding hydrogens is 325 g/mol. The second-order valence-corrected chi connectivity index (χ2v) is 4.50. The number of aromatic nitrogens is 1. The second kappa shape index (κ2) is 8.64. The molecule has 0 unspecified atom stereocenters. The quantitative estimate of drug-likeness (QED) is 0.353. The molecule has 0 atom stereocenters. The maximum atomic E-state index is 3.06. The fourth-order valence-corrected chi connectivity index (χ4v) is 2.22. The van der Waals surface area contributed by atoms with Gasteiger partial charge >= 0.3 is 21.7 Å². The van der Waals surface area contributed by atoms with Crippen molar-refractivity contribution in [2.75, 3.05) is 0 Å². The second-order valence-electron chi connectivity index (χ2n) is 4.50. The summed E-state index contributed by atoms with van der Waals surface area (Å²) >= 11 is 0. The first-order valence-electron chi connectivity index (χ1n) is 6.03. The summed E-state index contributed by atoms with van der Waals surface area (Å²) < 4.78 is 0. The third-order valence-corrected chi connectivity index (χ3v) is 3.39. The Morgan fingerprint density at radius 3 is 2.35 bits per heavy atom. The minimum Gasteiger partial charge on any atom is -1.00 e. The van der Waals surface area contributed by atoms with E-state index in [1.54, 1.807) is 11.1 Å². The van der Waals surface area contributed by atoms with E-state index in [1.807, 2.05) is 12.1 Å². The Morgan fingerprint density at radius 2 is 1.85 bits per heavy atom. The van der Waals surface area contributed by atoms with Crippen LogP contribution in [0.1, 0.15) is 16.7 Å². The molecule has 1 aromatic heterocycles. The van der Waals surface area contributed by atoms with Gasteiger partial charge in [-0.05, 0) is 0 Å². The van der Waals surface area contributed by atoms with Crippen LogP contribution in [0.5, 0.6) is 0 Å². The number of para-hydroxylation sites is 1. The first-order valence-corrected chi connectivity index (χ1v) is 6.03. The molecule has 0 spiro atoms. The van der Waals surface area contributed by atoms with Crippen LogP contribution < -0.4 is 24.8 Å². The third-order valence-electron chi connectivity index (χ3n) is 3.39. The van der Waals surface area contributed by atoms with E-state index in [1.165, 1.54) is 29.3 Å². The Morgan fingerprint density at radius 1 is 1.10 bits per heavy atom. The monoisotopic (exact) mass is 339 g/mol. The molecule has 102 valence electrons. The zero-order chi connectivity index (χ0) is 11.7. The molecule has 1 aliphatic carbocycles. The maximum Gasteiger partial charge on any atom is 4.00 e. The summed E-state index contributed by atoms with van der Waals surface area (Å²) in [6.07, 6.45) is 5.70. The number of fused-ring (bicyclic) bond motifs is 2. The van der Waals surface area contributed by atoms with Crippen molar-refractivity contribution in [3.63, 3.8) is 0 Å². The van der Waals surface area contributed by atoms with E-state index < -0.39 is 0 Å². The van der Waals surface area contributed by atoms with E-state index in [9.17, 15) is 0 Å². The molecule has 4 heteroatoms. The molecule has 2 aromatic carbocycles. The standard InChI is InChI=1S/C9H8N.C7H7.2ClH.Ti/c1-7-6-10-9-5-3-2-4-8(7)9;1-2-6-4-5-7(6)3-1;;;/h2-5,10H,1H3;1-3H,4-5H2;2*1H;/q2*-1;;;+4/p-2. The number of aromatic amines is 1. The van der Waals surface area contributed by atoms with Crippen molar-refractivity contribution >= 4 is 10.9 Å². The first-order chi connectivity index (χ1) is 8.34. The van der Waals surface area contributed by atoms with Crippen molar-refractivity contribution in [2.45, 2.75) is 19.8 Å². The van der Waals surface area contributed by atoms with Crippen LogP contribution in [0.4, 0.5) is 0 Å². The number of aryl methyl sites for hydroxylation is 3. The first kappa shape index (κ1) is 19.4. The van der Waals surface area contributed by atoms with Crippen molar-refractivity contribution in [1.29, 1.82) is 0 Å². The molecule has 1 nitrogen and oxygen atoms in total. The van der Waals surface area contributed by atoms with Crippen molar-refractivity contribution in [3.8, 4) is 0 Å². The summed E-state index contributed by atoms with van der Waals surface area (Å²) in [5, 5.41) is 1.27. The van der Waals surface area contributed by atoms with Crippen molar-refractivity contribution in [2.24, 2.45) is 0 Å². The molecule has 0 amide bonds. The molecule has 0 saturated carbocycles. The normalized spacial score (nSPS) is 10.7. The Hall–Kier alpha value is -0.596. The number of hydrogen-bond donors (Lipinski definition) is 1. The van der Waals surface area contributed by atoms with Crippen molar-refractivity contribution in [1.82, 2.24) is 4.98 Å². The van der Waals surface area contributed by atoms with Crippen LogP contribution in [-0.4, -0.2) is 4.98 Å². The zero-order valence-corrected chi connectivity index (χ0v) is 14.3. The molecule has 0 aliphatic heterocycles. The van der Waals surface area contributed by atoms with Crippen LogP contribution in [-0.2, 0) is 34.6 Å².